The van der Waals surface area contributed by atoms with Crippen LogP contribution in [0.15, 0.2) is 47.8 Å². The predicted molar refractivity (Wildman–Crippen MR) is 71.6 cm³/mol. The van der Waals surface area contributed by atoms with Crippen molar-refractivity contribution in [2.45, 2.75) is 0 Å². The van der Waals surface area contributed by atoms with Crippen LogP contribution in [0.5, 0.6) is 5.75 Å². The second-order valence-corrected chi connectivity index (χ2v) is 3.91. The molecule has 0 amide bonds. The number of benzene rings is 1. The number of oxime groups is 1. The van der Waals surface area contributed by atoms with Gasteiger partial charge < -0.3 is 15.1 Å². The van der Waals surface area contributed by atoms with Crippen molar-refractivity contribution in [2.24, 2.45) is 5.16 Å². The molecule has 1 heterocycles. The zero-order chi connectivity index (χ0) is 14.5. The Labute approximate surface area is 115 Å². The highest BCUT2D eigenvalue weighted by molar-refractivity contribution is 6.12. The molecule has 6 heteroatoms. The Balaban J connectivity index is 2.41. The highest BCUT2D eigenvalue weighted by Crippen LogP contribution is 2.15. The lowest BCUT2D eigenvalue weighted by atomic mass is 10.1. The van der Waals surface area contributed by atoms with Crippen molar-refractivity contribution < 1.29 is 19.8 Å². The Hall–Kier alpha value is -2.89. The van der Waals surface area contributed by atoms with E-state index in [0.29, 0.717) is 11.3 Å². The summed E-state index contributed by atoms with van der Waals surface area (Å²) in [7, 11) is 1.55. The van der Waals surface area contributed by atoms with Crippen molar-refractivity contribution in [3.63, 3.8) is 0 Å². The quantitative estimate of drug-likeness (QED) is 0.504. The van der Waals surface area contributed by atoms with Gasteiger partial charge in [-0.15, -0.1) is 0 Å². The van der Waals surface area contributed by atoms with Gasteiger partial charge in [0.25, 0.3) is 0 Å². The van der Waals surface area contributed by atoms with Gasteiger partial charge >= 0.3 is 5.97 Å². The summed E-state index contributed by atoms with van der Waals surface area (Å²) in [4.78, 5) is 15.0. The maximum atomic E-state index is 10.9. The number of carbonyl (C=O) groups is 1. The van der Waals surface area contributed by atoms with E-state index in [2.05, 4.69) is 10.1 Å². The number of rotatable bonds is 4. The van der Waals surface area contributed by atoms with Crippen LogP contribution >= 0.6 is 0 Å². The summed E-state index contributed by atoms with van der Waals surface area (Å²) in [6.45, 7) is 0. The van der Waals surface area contributed by atoms with Crippen molar-refractivity contribution in [2.75, 3.05) is 7.11 Å². The zero-order valence-corrected chi connectivity index (χ0v) is 10.6. The van der Waals surface area contributed by atoms with Crippen molar-refractivity contribution in [3.8, 4) is 5.75 Å². The number of carboxylic acids is 1. The second-order valence-electron chi connectivity index (χ2n) is 3.91. The molecule has 0 unspecified atom stereocenters. The lowest BCUT2D eigenvalue weighted by Gasteiger charge is -2.06. The standard InChI is InChI=1S/C14H12N2O4/c1-20-11-4-2-9(3-5-11)13(16-19)12-8-10(14(17)18)6-7-15-12/h2-8,19H,1H3,(H,17,18)/b16-13-. The van der Waals surface area contributed by atoms with Crippen LogP contribution in [-0.4, -0.2) is 34.1 Å². The summed E-state index contributed by atoms with van der Waals surface area (Å²) < 4.78 is 5.04. The fraction of sp³-hybridized carbons (Fsp3) is 0.0714. The van der Waals surface area contributed by atoms with Gasteiger partial charge in [0.2, 0.25) is 0 Å². The number of methoxy groups -OCH3 is 1. The summed E-state index contributed by atoms with van der Waals surface area (Å²) in [5.74, 6) is -0.404. The molecule has 0 saturated carbocycles. The molecule has 0 fully saturated rings. The Kier molecular flexibility index (Phi) is 3.95. The molecule has 2 rings (SSSR count). The monoisotopic (exact) mass is 272 g/mol. The van der Waals surface area contributed by atoms with Gasteiger partial charge in [0, 0.05) is 11.8 Å². The Morgan fingerprint density at radius 1 is 1.20 bits per heavy atom. The number of ether oxygens (including phenoxy) is 1. The molecule has 0 aliphatic rings. The molecule has 2 aromatic rings. The first kappa shape index (κ1) is 13.5. The van der Waals surface area contributed by atoms with Crippen LogP contribution in [0.25, 0.3) is 0 Å². The molecule has 6 nitrogen and oxygen atoms in total. The van der Waals surface area contributed by atoms with E-state index in [0.717, 1.165) is 0 Å². The first-order valence-corrected chi connectivity index (χ1v) is 5.72. The maximum absolute atomic E-state index is 10.9. The van der Waals surface area contributed by atoms with Gasteiger partial charge in [-0.1, -0.05) is 5.16 Å². The topological polar surface area (TPSA) is 92.0 Å². The van der Waals surface area contributed by atoms with E-state index in [9.17, 15) is 4.79 Å². The van der Waals surface area contributed by atoms with Gasteiger partial charge in [0.15, 0.2) is 0 Å². The van der Waals surface area contributed by atoms with Crippen molar-refractivity contribution in [3.05, 3.63) is 59.4 Å². The average Bonchev–Trinajstić information content (AvgIpc) is 2.49. The summed E-state index contributed by atoms with van der Waals surface area (Å²) in [6, 6.07) is 9.53. The number of carboxylic acid groups (broad SMARTS) is 1. The number of pyridine rings is 1. The SMILES string of the molecule is COc1ccc(/C(=N/O)c2cc(C(=O)O)ccn2)cc1. The Bertz CT molecular complexity index is 650. The molecule has 1 aromatic heterocycles. The van der Waals surface area contributed by atoms with Gasteiger partial charge in [-0.2, -0.15) is 0 Å². The second kappa shape index (κ2) is 5.83. The number of hydrogen-bond donors (Lipinski definition) is 2. The van der Waals surface area contributed by atoms with E-state index in [1.807, 2.05) is 0 Å². The number of aromatic nitrogens is 1. The zero-order valence-electron chi connectivity index (χ0n) is 10.6. The smallest absolute Gasteiger partial charge is 0.335 e. The van der Waals surface area contributed by atoms with Crippen molar-refractivity contribution in [1.29, 1.82) is 0 Å². The van der Waals surface area contributed by atoms with Gasteiger partial charge in [-0.05, 0) is 36.4 Å². The van der Waals surface area contributed by atoms with Gasteiger partial charge in [-0.3, -0.25) is 4.98 Å². The van der Waals surface area contributed by atoms with Crippen molar-refractivity contribution >= 4 is 11.7 Å². The van der Waals surface area contributed by atoms with Gasteiger partial charge in [0.1, 0.15) is 11.5 Å². The Morgan fingerprint density at radius 2 is 1.90 bits per heavy atom. The molecule has 0 atom stereocenters. The molecule has 0 bridgehead atoms. The average molecular weight is 272 g/mol. The van der Waals surface area contributed by atoms with Crippen LogP contribution in [-0.2, 0) is 0 Å². The fourth-order valence-corrected chi connectivity index (χ4v) is 1.70. The molecule has 0 spiro atoms. The first-order chi connectivity index (χ1) is 9.65. The lowest BCUT2D eigenvalue weighted by molar-refractivity contribution is 0.0696. The van der Waals surface area contributed by atoms with E-state index in [1.165, 1.54) is 18.3 Å². The molecular weight excluding hydrogens is 260 g/mol. The minimum atomic E-state index is -1.07. The third-order valence-electron chi connectivity index (χ3n) is 2.71. The molecule has 0 aliphatic heterocycles. The predicted octanol–water partition coefficient (Wildman–Crippen LogP) is 2.01. The van der Waals surface area contributed by atoms with E-state index < -0.39 is 5.97 Å². The molecule has 1 aromatic carbocycles. The summed E-state index contributed by atoms with van der Waals surface area (Å²) in [5.41, 5.74) is 1.14. The van der Waals surface area contributed by atoms with E-state index in [4.69, 9.17) is 15.1 Å². The summed E-state index contributed by atoms with van der Waals surface area (Å²) in [5, 5.41) is 21.3. The Morgan fingerprint density at radius 3 is 2.45 bits per heavy atom. The molecule has 102 valence electrons. The van der Waals surface area contributed by atoms with Gasteiger partial charge in [0.05, 0.1) is 18.4 Å². The molecular formula is C14H12N2O4. The number of nitrogens with zero attached hydrogens (tertiary/aromatic N) is 2. The van der Waals surface area contributed by atoms with Crippen LogP contribution in [0.1, 0.15) is 21.6 Å². The summed E-state index contributed by atoms with van der Waals surface area (Å²) in [6.07, 6.45) is 1.35. The molecule has 2 N–H and O–H groups in total. The summed E-state index contributed by atoms with van der Waals surface area (Å²) >= 11 is 0. The van der Waals surface area contributed by atoms with Crippen LogP contribution in [0, 0.1) is 0 Å². The highest BCUT2D eigenvalue weighted by Gasteiger charge is 2.12. The fourth-order valence-electron chi connectivity index (χ4n) is 1.70. The minimum Gasteiger partial charge on any atom is -0.497 e. The van der Waals surface area contributed by atoms with E-state index in [-0.39, 0.29) is 17.0 Å². The van der Waals surface area contributed by atoms with E-state index >= 15 is 0 Å². The normalized spacial score (nSPS) is 11.2. The van der Waals surface area contributed by atoms with Crippen LogP contribution in [0.2, 0.25) is 0 Å². The third kappa shape index (κ3) is 2.74. The number of aromatic carboxylic acids is 1. The third-order valence-corrected chi connectivity index (χ3v) is 2.71. The molecule has 0 saturated heterocycles. The van der Waals surface area contributed by atoms with Crippen LogP contribution < -0.4 is 4.74 Å². The minimum absolute atomic E-state index is 0.0738. The highest BCUT2D eigenvalue weighted by atomic mass is 16.5. The maximum Gasteiger partial charge on any atom is 0.335 e. The van der Waals surface area contributed by atoms with E-state index in [1.54, 1.807) is 31.4 Å². The largest absolute Gasteiger partial charge is 0.497 e. The first-order valence-electron chi connectivity index (χ1n) is 5.72. The van der Waals surface area contributed by atoms with Crippen molar-refractivity contribution in [1.82, 2.24) is 4.98 Å². The van der Waals surface area contributed by atoms with Gasteiger partial charge in [-0.25, -0.2) is 4.79 Å². The molecule has 20 heavy (non-hydrogen) atoms. The molecule has 0 aliphatic carbocycles. The molecule has 0 radical (unpaired) electrons. The number of hydrogen-bond acceptors (Lipinski definition) is 5. The van der Waals surface area contributed by atoms with Crippen LogP contribution in [0.4, 0.5) is 0 Å². The van der Waals surface area contributed by atoms with Crippen LogP contribution in [0.3, 0.4) is 0 Å². The lowest BCUT2D eigenvalue weighted by Crippen LogP contribution is -2.08.